The van der Waals surface area contributed by atoms with Gasteiger partial charge in [0.2, 0.25) is 5.88 Å². The largest absolute Gasteiger partial charge is 0.444 e. The van der Waals surface area contributed by atoms with Crippen LogP contribution in [-0.2, 0) is 4.84 Å². The molecule has 0 radical (unpaired) electrons. The van der Waals surface area contributed by atoms with E-state index < -0.39 is 0 Å². The van der Waals surface area contributed by atoms with Gasteiger partial charge in [0.05, 0.1) is 6.61 Å². The van der Waals surface area contributed by atoms with Gasteiger partial charge in [0.1, 0.15) is 5.76 Å². The quantitative estimate of drug-likeness (QED) is 0.291. The second-order valence-corrected chi connectivity index (χ2v) is 6.25. The number of aryl methyl sites for hydroxylation is 1. The Bertz CT molecular complexity index is 349. The van der Waals surface area contributed by atoms with Gasteiger partial charge in [-0.25, -0.2) is 5.48 Å². The van der Waals surface area contributed by atoms with Crippen LogP contribution >= 0.6 is 0 Å². The zero-order valence-corrected chi connectivity index (χ0v) is 14.7. The maximum Gasteiger partial charge on any atom is 0.216 e. The molecule has 0 aliphatic heterocycles. The number of unbranched alkanes of at least 4 members (excludes halogenated alkanes) is 11. The standard InChI is InChI=1S/C19H35NO2/c1-3-4-5-6-7-8-9-10-11-12-13-14-17-21-20-19-16-15-18(2)22-19/h15-16,20H,3-14,17H2,1-2H3. The number of hydrogen-bond donors (Lipinski definition) is 1. The molecule has 128 valence electrons. The third-order valence-electron chi connectivity index (χ3n) is 4.01. The molecule has 0 aliphatic carbocycles. The van der Waals surface area contributed by atoms with E-state index in [4.69, 9.17) is 9.25 Å². The van der Waals surface area contributed by atoms with E-state index in [1.165, 1.54) is 70.6 Å². The van der Waals surface area contributed by atoms with Crippen molar-refractivity contribution in [2.45, 2.75) is 90.9 Å². The number of hydrogen-bond acceptors (Lipinski definition) is 3. The van der Waals surface area contributed by atoms with Crippen molar-refractivity contribution in [3.63, 3.8) is 0 Å². The Hall–Kier alpha value is -0.960. The zero-order chi connectivity index (χ0) is 15.9. The average molecular weight is 309 g/mol. The Labute approximate surface area is 136 Å². The van der Waals surface area contributed by atoms with Crippen LogP contribution in [0.15, 0.2) is 16.5 Å². The van der Waals surface area contributed by atoms with E-state index in [0.29, 0.717) is 5.88 Å². The fraction of sp³-hybridized carbons (Fsp3) is 0.789. The third-order valence-corrected chi connectivity index (χ3v) is 4.01. The maximum absolute atomic E-state index is 5.38. The first-order valence-corrected chi connectivity index (χ1v) is 9.27. The van der Waals surface area contributed by atoms with E-state index in [2.05, 4.69) is 12.4 Å². The van der Waals surface area contributed by atoms with Gasteiger partial charge in [0.25, 0.3) is 0 Å². The predicted octanol–water partition coefficient (Wildman–Crippen LogP) is 6.63. The molecule has 0 bridgehead atoms. The van der Waals surface area contributed by atoms with Crippen LogP contribution in [0.25, 0.3) is 0 Å². The zero-order valence-electron chi connectivity index (χ0n) is 14.7. The lowest BCUT2D eigenvalue weighted by Crippen LogP contribution is -2.01. The smallest absolute Gasteiger partial charge is 0.216 e. The Kier molecular flexibility index (Phi) is 11.9. The second kappa shape index (κ2) is 13.7. The Morgan fingerprint density at radius 1 is 0.818 bits per heavy atom. The van der Waals surface area contributed by atoms with Crippen molar-refractivity contribution in [2.75, 3.05) is 12.1 Å². The SMILES string of the molecule is CCCCCCCCCCCCCCONc1ccc(C)o1. The van der Waals surface area contributed by atoms with Crippen LogP contribution < -0.4 is 5.48 Å². The summed E-state index contributed by atoms with van der Waals surface area (Å²) in [5, 5.41) is 0. The number of anilines is 1. The molecule has 1 N–H and O–H groups in total. The fourth-order valence-corrected chi connectivity index (χ4v) is 2.63. The van der Waals surface area contributed by atoms with Crippen molar-refractivity contribution >= 4 is 5.88 Å². The molecule has 0 aliphatic rings. The van der Waals surface area contributed by atoms with Crippen LogP contribution in [-0.4, -0.2) is 6.61 Å². The molecule has 3 nitrogen and oxygen atoms in total. The normalized spacial score (nSPS) is 11.0. The van der Waals surface area contributed by atoms with Crippen molar-refractivity contribution in [3.8, 4) is 0 Å². The molecular formula is C19H35NO2. The van der Waals surface area contributed by atoms with Crippen molar-refractivity contribution in [1.29, 1.82) is 0 Å². The lowest BCUT2D eigenvalue weighted by molar-refractivity contribution is 0.179. The molecule has 1 aromatic rings. The highest BCUT2D eigenvalue weighted by atomic mass is 16.7. The van der Waals surface area contributed by atoms with Crippen LogP contribution in [0.1, 0.15) is 89.7 Å². The van der Waals surface area contributed by atoms with E-state index in [-0.39, 0.29) is 0 Å². The Morgan fingerprint density at radius 3 is 1.86 bits per heavy atom. The van der Waals surface area contributed by atoms with E-state index in [9.17, 15) is 0 Å². The summed E-state index contributed by atoms with van der Waals surface area (Å²) in [6.07, 6.45) is 16.4. The molecule has 3 heteroatoms. The minimum atomic E-state index is 0.691. The average Bonchev–Trinajstić information content (AvgIpc) is 2.93. The van der Waals surface area contributed by atoms with Gasteiger partial charge in [-0.3, -0.25) is 4.84 Å². The Morgan fingerprint density at radius 2 is 1.36 bits per heavy atom. The molecular weight excluding hydrogens is 274 g/mol. The van der Waals surface area contributed by atoms with Crippen molar-refractivity contribution in [2.24, 2.45) is 0 Å². The summed E-state index contributed by atoms with van der Waals surface area (Å²) in [4.78, 5) is 5.38. The Balaban J connectivity index is 1.73. The molecule has 0 aromatic carbocycles. The highest BCUT2D eigenvalue weighted by molar-refractivity contribution is 5.28. The topological polar surface area (TPSA) is 34.4 Å². The molecule has 0 spiro atoms. The van der Waals surface area contributed by atoms with E-state index in [1.54, 1.807) is 0 Å². The summed E-state index contributed by atoms with van der Waals surface area (Å²) in [7, 11) is 0. The van der Waals surface area contributed by atoms with Crippen molar-refractivity contribution in [3.05, 3.63) is 17.9 Å². The first-order chi connectivity index (χ1) is 10.8. The van der Waals surface area contributed by atoms with Gasteiger partial charge in [-0.1, -0.05) is 77.6 Å². The van der Waals surface area contributed by atoms with E-state index in [0.717, 1.165) is 18.8 Å². The van der Waals surface area contributed by atoms with Gasteiger partial charge in [-0.2, -0.15) is 0 Å². The summed E-state index contributed by atoms with van der Waals surface area (Å²) in [6, 6.07) is 3.81. The monoisotopic (exact) mass is 309 g/mol. The number of furan rings is 1. The molecule has 0 unspecified atom stereocenters. The van der Waals surface area contributed by atoms with E-state index in [1.807, 2.05) is 19.1 Å². The van der Waals surface area contributed by atoms with Gasteiger partial charge in [-0.15, -0.1) is 0 Å². The predicted molar refractivity (Wildman–Crippen MR) is 94.1 cm³/mol. The lowest BCUT2D eigenvalue weighted by atomic mass is 10.1. The van der Waals surface area contributed by atoms with Crippen LogP contribution in [0.5, 0.6) is 0 Å². The molecule has 1 heterocycles. The van der Waals surface area contributed by atoms with Crippen LogP contribution in [0.4, 0.5) is 5.88 Å². The highest BCUT2D eigenvalue weighted by Gasteiger charge is 1.97. The first kappa shape index (κ1) is 19.1. The molecule has 1 rings (SSSR count). The summed E-state index contributed by atoms with van der Waals surface area (Å²) in [6.45, 7) is 4.95. The van der Waals surface area contributed by atoms with Gasteiger partial charge in [0.15, 0.2) is 0 Å². The number of rotatable bonds is 15. The lowest BCUT2D eigenvalue weighted by Gasteiger charge is -2.04. The summed E-state index contributed by atoms with van der Waals surface area (Å²) in [5.41, 5.74) is 2.84. The van der Waals surface area contributed by atoms with Crippen LogP contribution in [0, 0.1) is 6.92 Å². The molecule has 0 amide bonds. The summed E-state index contributed by atoms with van der Waals surface area (Å²) < 4.78 is 5.36. The van der Waals surface area contributed by atoms with Crippen LogP contribution in [0.2, 0.25) is 0 Å². The van der Waals surface area contributed by atoms with E-state index >= 15 is 0 Å². The molecule has 0 saturated heterocycles. The second-order valence-electron chi connectivity index (χ2n) is 6.25. The van der Waals surface area contributed by atoms with Crippen molar-refractivity contribution < 1.29 is 9.25 Å². The highest BCUT2D eigenvalue weighted by Crippen LogP contribution is 2.13. The maximum atomic E-state index is 5.38. The number of nitrogens with one attached hydrogen (secondary N) is 1. The minimum Gasteiger partial charge on any atom is -0.444 e. The summed E-state index contributed by atoms with van der Waals surface area (Å²) >= 11 is 0. The van der Waals surface area contributed by atoms with Crippen molar-refractivity contribution in [1.82, 2.24) is 0 Å². The molecule has 1 aromatic heterocycles. The van der Waals surface area contributed by atoms with Gasteiger partial charge in [-0.05, 0) is 19.4 Å². The van der Waals surface area contributed by atoms with Gasteiger partial charge in [0, 0.05) is 6.07 Å². The van der Waals surface area contributed by atoms with Gasteiger partial charge >= 0.3 is 0 Å². The molecule has 0 saturated carbocycles. The molecule has 0 atom stereocenters. The van der Waals surface area contributed by atoms with Crippen LogP contribution in [0.3, 0.4) is 0 Å². The fourth-order valence-electron chi connectivity index (χ4n) is 2.63. The minimum absolute atomic E-state index is 0.691. The molecule has 0 fully saturated rings. The van der Waals surface area contributed by atoms with Gasteiger partial charge < -0.3 is 4.42 Å². The third kappa shape index (κ3) is 10.7. The first-order valence-electron chi connectivity index (χ1n) is 9.27. The molecule has 22 heavy (non-hydrogen) atoms. The summed E-state index contributed by atoms with van der Waals surface area (Å²) in [5.74, 6) is 1.59.